The van der Waals surface area contributed by atoms with Crippen molar-refractivity contribution in [3.8, 4) is 0 Å². The molecule has 0 saturated carbocycles. The highest BCUT2D eigenvalue weighted by Gasteiger charge is 2.26. The first-order valence-corrected chi connectivity index (χ1v) is 8.96. The average Bonchev–Trinajstić information content (AvgIpc) is 3.15. The molecule has 1 amide bonds. The molecule has 2 heterocycles. The van der Waals surface area contributed by atoms with Crippen molar-refractivity contribution in [2.75, 3.05) is 18.9 Å². The standard InChI is InChI=1S/C13H13N5O4S2/c1-8-6-11(15-22-8)14-12(19)7-18(2)24(20,21)10-5-3-4-9-13(10)17-23-16-9/h3-6H,7H2,1-2H3,(H,14,15,19). The fourth-order valence-electron chi connectivity index (χ4n) is 2.05. The minimum atomic E-state index is -3.88. The smallest absolute Gasteiger partial charge is 0.245 e. The van der Waals surface area contributed by atoms with Crippen molar-refractivity contribution in [1.82, 2.24) is 18.2 Å². The van der Waals surface area contributed by atoms with E-state index in [0.29, 0.717) is 16.8 Å². The van der Waals surface area contributed by atoms with Gasteiger partial charge in [-0.2, -0.15) is 13.1 Å². The highest BCUT2D eigenvalue weighted by Crippen LogP contribution is 2.23. The summed E-state index contributed by atoms with van der Waals surface area (Å²) in [6, 6.07) is 6.24. The van der Waals surface area contributed by atoms with E-state index in [1.54, 1.807) is 19.1 Å². The lowest BCUT2D eigenvalue weighted by Crippen LogP contribution is -2.35. The largest absolute Gasteiger partial charge is 0.360 e. The third kappa shape index (κ3) is 3.13. The van der Waals surface area contributed by atoms with Crippen LogP contribution in [0.2, 0.25) is 0 Å². The number of nitrogens with zero attached hydrogens (tertiary/aromatic N) is 4. The van der Waals surface area contributed by atoms with Crippen molar-refractivity contribution >= 4 is 44.5 Å². The van der Waals surface area contributed by atoms with Crippen LogP contribution in [0.25, 0.3) is 11.0 Å². The van der Waals surface area contributed by atoms with Crippen molar-refractivity contribution in [3.63, 3.8) is 0 Å². The predicted molar refractivity (Wildman–Crippen MR) is 87.1 cm³/mol. The summed E-state index contributed by atoms with van der Waals surface area (Å²) in [5.41, 5.74) is 0.791. The predicted octanol–water partition coefficient (Wildman–Crippen LogP) is 1.25. The van der Waals surface area contributed by atoms with E-state index < -0.39 is 15.9 Å². The molecule has 9 nitrogen and oxygen atoms in total. The van der Waals surface area contributed by atoms with Crippen molar-refractivity contribution in [1.29, 1.82) is 0 Å². The molecular formula is C13H13N5O4S2. The zero-order chi connectivity index (χ0) is 17.3. The Kier molecular flexibility index (Phi) is 4.30. The van der Waals surface area contributed by atoms with E-state index in [-0.39, 0.29) is 17.3 Å². The second-order valence-corrected chi connectivity index (χ2v) is 7.56. The zero-order valence-electron chi connectivity index (χ0n) is 12.8. The molecule has 0 saturated heterocycles. The molecule has 0 radical (unpaired) electrons. The van der Waals surface area contributed by atoms with Crippen molar-refractivity contribution in [2.45, 2.75) is 11.8 Å². The topological polar surface area (TPSA) is 118 Å². The van der Waals surface area contributed by atoms with E-state index in [4.69, 9.17) is 4.52 Å². The van der Waals surface area contributed by atoms with Gasteiger partial charge in [0.05, 0.1) is 18.3 Å². The number of hydrogen-bond donors (Lipinski definition) is 1. The van der Waals surface area contributed by atoms with Gasteiger partial charge < -0.3 is 9.84 Å². The van der Waals surface area contributed by atoms with E-state index >= 15 is 0 Å². The number of benzene rings is 1. The van der Waals surface area contributed by atoms with Gasteiger partial charge in [-0.15, -0.1) is 0 Å². The van der Waals surface area contributed by atoms with Gasteiger partial charge in [0, 0.05) is 13.1 Å². The molecule has 0 aliphatic heterocycles. The number of hydrogen-bond acceptors (Lipinski definition) is 8. The number of aryl methyl sites for hydroxylation is 1. The number of anilines is 1. The normalized spacial score (nSPS) is 12.0. The number of aromatic nitrogens is 3. The average molecular weight is 367 g/mol. The number of carbonyl (C=O) groups excluding carboxylic acids is 1. The Morgan fingerprint density at radius 2 is 2.17 bits per heavy atom. The SMILES string of the molecule is Cc1cc(NC(=O)CN(C)S(=O)(=O)c2cccc3nsnc23)no1. The van der Waals surface area contributed by atoms with Gasteiger partial charge in [-0.25, -0.2) is 8.42 Å². The summed E-state index contributed by atoms with van der Waals surface area (Å²) in [6.07, 6.45) is 0. The lowest BCUT2D eigenvalue weighted by molar-refractivity contribution is -0.116. The Morgan fingerprint density at radius 1 is 1.38 bits per heavy atom. The maximum Gasteiger partial charge on any atom is 0.245 e. The number of amides is 1. The summed E-state index contributed by atoms with van der Waals surface area (Å²) in [6.45, 7) is 1.31. The summed E-state index contributed by atoms with van der Waals surface area (Å²) in [4.78, 5) is 12.0. The lowest BCUT2D eigenvalue weighted by Gasteiger charge is -2.16. The van der Waals surface area contributed by atoms with Crippen molar-refractivity contribution in [3.05, 3.63) is 30.0 Å². The maximum atomic E-state index is 12.7. The summed E-state index contributed by atoms with van der Waals surface area (Å²) in [7, 11) is -2.56. The molecule has 24 heavy (non-hydrogen) atoms. The molecule has 2 aromatic heterocycles. The molecule has 0 bridgehead atoms. The molecule has 0 unspecified atom stereocenters. The van der Waals surface area contributed by atoms with Crippen molar-refractivity contribution < 1.29 is 17.7 Å². The van der Waals surface area contributed by atoms with Gasteiger partial charge >= 0.3 is 0 Å². The van der Waals surface area contributed by atoms with Crippen LogP contribution in [-0.4, -0.2) is 46.1 Å². The first-order chi connectivity index (χ1) is 11.4. The van der Waals surface area contributed by atoms with E-state index in [1.807, 2.05) is 0 Å². The molecular weight excluding hydrogens is 354 g/mol. The number of likely N-dealkylation sites (N-methyl/N-ethyl adjacent to an activating group) is 1. The lowest BCUT2D eigenvalue weighted by atomic mass is 10.3. The minimum absolute atomic E-state index is 0.0151. The summed E-state index contributed by atoms with van der Waals surface area (Å²) in [5.74, 6) is 0.237. The Labute approximate surface area is 141 Å². The molecule has 0 atom stereocenters. The van der Waals surface area contributed by atoms with Crippen LogP contribution in [0, 0.1) is 6.92 Å². The van der Waals surface area contributed by atoms with Crippen molar-refractivity contribution in [2.24, 2.45) is 0 Å². The van der Waals surface area contributed by atoms with Crippen LogP contribution < -0.4 is 5.32 Å². The van der Waals surface area contributed by atoms with Gasteiger partial charge in [-0.05, 0) is 19.1 Å². The Hall–Kier alpha value is -2.37. The summed E-state index contributed by atoms with van der Waals surface area (Å²) in [5, 5.41) is 6.10. The highest BCUT2D eigenvalue weighted by molar-refractivity contribution is 7.89. The second kappa shape index (κ2) is 6.26. The van der Waals surface area contributed by atoms with Crippen LogP contribution >= 0.6 is 11.7 Å². The molecule has 0 aliphatic carbocycles. The van der Waals surface area contributed by atoms with E-state index in [9.17, 15) is 13.2 Å². The van der Waals surface area contributed by atoms with Gasteiger partial charge in [-0.1, -0.05) is 11.2 Å². The van der Waals surface area contributed by atoms with Crippen LogP contribution in [-0.2, 0) is 14.8 Å². The quantitative estimate of drug-likeness (QED) is 0.721. The van der Waals surface area contributed by atoms with Crippen LogP contribution in [0.3, 0.4) is 0 Å². The Bertz CT molecular complexity index is 995. The van der Waals surface area contributed by atoms with Gasteiger partial charge in [0.25, 0.3) is 0 Å². The maximum absolute atomic E-state index is 12.7. The highest BCUT2D eigenvalue weighted by atomic mass is 32.2. The summed E-state index contributed by atoms with van der Waals surface area (Å²) >= 11 is 0.932. The molecule has 3 aromatic rings. The molecule has 0 aliphatic rings. The van der Waals surface area contributed by atoms with Gasteiger partial charge in [0.15, 0.2) is 5.82 Å². The molecule has 1 N–H and O–H groups in total. The first-order valence-electron chi connectivity index (χ1n) is 6.79. The van der Waals surface area contributed by atoms with Gasteiger partial charge in [0.1, 0.15) is 21.7 Å². The molecule has 0 fully saturated rings. The second-order valence-electron chi connectivity index (χ2n) is 5.02. The number of fused-ring (bicyclic) bond motifs is 1. The van der Waals surface area contributed by atoms with E-state index in [1.165, 1.54) is 19.2 Å². The molecule has 0 spiro atoms. The first kappa shape index (κ1) is 16.5. The fourth-order valence-corrected chi connectivity index (χ4v) is 3.93. The third-order valence-corrected chi connectivity index (χ3v) is 5.58. The number of rotatable bonds is 5. The number of nitrogens with one attached hydrogen (secondary N) is 1. The van der Waals surface area contributed by atoms with Gasteiger partial charge in [-0.3, -0.25) is 4.79 Å². The Balaban J connectivity index is 1.79. The van der Waals surface area contributed by atoms with E-state index in [2.05, 4.69) is 19.2 Å². The van der Waals surface area contributed by atoms with Crippen LogP contribution in [0.5, 0.6) is 0 Å². The van der Waals surface area contributed by atoms with Crippen LogP contribution in [0.15, 0.2) is 33.7 Å². The number of carbonyl (C=O) groups is 1. The van der Waals surface area contributed by atoms with Crippen LogP contribution in [0.4, 0.5) is 5.82 Å². The fraction of sp³-hybridized carbons (Fsp3) is 0.231. The minimum Gasteiger partial charge on any atom is -0.360 e. The number of sulfonamides is 1. The van der Waals surface area contributed by atoms with E-state index in [0.717, 1.165) is 16.0 Å². The van der Waals surface area contributed by atoms with Crippen LogP contribution in [0.1, 0.15) is 5.76 Å². The molecule has 3 rings (SSSR count). The third-order valence-electron chi connectivity index (χ3n) is 3.20. The molecule has 126 valence electrons. The zero-order valence-corrected chi connectivity index (χ0v) is 14.4. The molecule has 11 heteroatoms. The summed E-state index contributed by atoms with van der Waals surface area (Å²) < 4.78 is 39.2. The molecule has 1 aromatic carbocycles. The Morgan fingerprint density at radius 3 is 2.88 bits per heavy atom. The van der Waals surface area contributed by atoms with Gasteiger partial charge in [0.2, 0.25) is 15.9 Å². The monoisotopic (exact) mass is 367 g/mol.